The van der Waals surface area contributed by atoms with Crippen molar-refractivity contribution in [2.24, 2.45) is 0 Å². The van der Waals surface area contributed by atoms with Crippen molar-refractivity contribution in [2.75, 3.05) is 20.3 Å². The largest absolute Gasteiger partial charge is 0.498 e. The van der Waals surface area contributed by atoms with Gasteiger partial charge in [-0.1, -0.05) is 19.2 Å². The number of allylic oxidation sites excluding steroid dienone is 1. The Balaban J connectivity index is 2.94. The Kier molecular flexibility index (Phi) is 2.49. The minimum Gasteiger partial charge on any atom is -0.498 e. The van der Waals surface area contributed by atoms with E-state index in [-0.39, 0.29) is 0 Å². The average Bonchev–Trinajstić information content (AvgIpc) is 2.04. The molecule has 60 valence electrons. The number of hydrogen-bond acceptors (Lipinski definition) is 2. The van der Waals surface area contributed by atoms with Gasteiger partial charge in [0.05, 0.1) is 13.7 Å². The molecule has 2 heteroatoms. The van der Waals surface area contributed by atoms with Gasteiger partial charge in [0.2, 0.25) is 0 Å². The van der Waals surface area contributed by atoms with Crippen LogP contribution in [0.1, 0.15) is 0 Å². The van der Waals surface area contributed by atoms with Crippen LogP contribution in [0, 0.1) is 0 Å². The van der Waals surface area contributed by atoms with E-state index in [1.54, 1.807) is 13.2 Å². The number of ether oxygens (including phenoxy) is 2. The summed E-state index contributed by atoms with van der Waals surface area (Å²) in [5.74, 6) is 0.816. The Morgan fingerprint density at radius 3 is 2.73 bits per heavy atom. The predicted molar refractivity (Wildman–Crippen MR) is 44.2 cm³/mol. The summed E-state index contributed by atoms with van der Waals surface area (Å²) >= 11 is 0. The Bertz CT molecular complexity index is 214. The van der Waals surface area contributed by atoms with Crippen molar-refractivity contribution in [3.05, 3.63) is 36.1 Å². The van der Waals surface area contributed by atoms with Crippen LogP contribution in [0.2, 0.25) is 0 Å². The quantitative estimate of drug-likeness (QED) is 0.599. The molecule has 0 atom stereocenters. The summed E-state index contributed by atoms with van der Waals surface area (Å²) in [5, 5.41) is 0. The first kappa shape index (κ1) is 8.08. The molecule has 0 aromatic rings. The predicted octanol–water partition coefficient (Wildman–Crippen LogP) is 1.66. The van der Waals surface area contributed by atoms with Crippen molar-refractivity contribution in [1.82, 2.24) is 0 Å². The molecule has 0 aromatic heterocycles. The van der Waals surface area contributed by atoms with Crippen molar-refractivity contribution >= 4 is 0 Å². The summed E-state index contributed by atoms with van der Waals surface area (Å²) in [7, 11) is 1.63. The molecule has 0 spiro atoms. The molecule has 2 nitrogen and oxygen atoms in total. The lowest BCUT2D eigenvalue weighted by molar-refractivity contribution is 0.119. The van der Waals surface area contributed by atoms with Gasteiger partial charge < -0.3 is 9.47 Å². The van der Waals surface area contributed by atoms with Crippen LogP contribution in [0.4, 0.5) is 0 Å². The minimum absolute atomic E-state index is 0.525. The van der Waals surface area contributed by atoms with E-state index in [0.717, 1.165) is 16.9 Å². The number of hydrogen-bond donors (Lipinski definition) is 0. The smallest absolute Gasteiger partial charge is 0.129 e. The summed E-state index contributed by atoms with van der Waals surface area (Å²) in [5.41, 5.74) is 1.92. The molecule has 0 fully saturated rings. The third-order valence-corrected chi connectivity index (χ3v) is 1.64. The first-order valence-electron chi connectivity index (χ1n) is 3.45. The molecule has 0 amide bonds. The molecule has 0 aliphatic carbocycles. The van der Waals surface area contributed by atoms with E-state index in [2.05, 4.69) is 13.2 Å². The first-order chi connectivity index (χ1) is 5.29. The van der Waals surface area contributed by atoms with Gasteiger partial charge in [0.15, 0.2) is 0 Å². The second-order valence-corrected chi connectivity index (χ2v) is 2.34. The summed E-state index contributed by atoms with van der Waals surface area (Å²) < 4.78 is 10.3. The Hall–Kier alpha value is -1.02. The maximum absolute atomic E-state index is 5.19. The minimum atomic E-state index is 0.525. The van der Waals surface area contributed by atoms with Crippen LogP contribution in [0.15, 0.2) is 36.1 Å². The van der Waals surface area contributed by atoms with Crippen molar-refractivity contribution < 1.29 is 9.47 Å². The number of methoxy groups -OCH3 is 1. The Labute approximate surface area is 66.8 Å². The summed E-state index contributed by atoms with van der Waals surface area (Å²) in [6, 6.07) is 0. The van der Waals surface area contributed by atoms with Gasteiger partial charge in [-0.3, -0.25) is 0 Å². The van der Waals surface area contributed by atoms with E-state index in [1.807, 2.05) is 0 Å². The molecule has 1 rings (SSSR count). The first-order valence-corrected chi connectivity index (χ1v) is 3.45. The van der Waals surface area contributed by atoms with Crippen molar-refractivity contribution in [1.29, 1.82) is 0 Å². The van der Waals surface area contributed by atoms with Gasteiger partial charge in [-0.15, -0.1) is 0 Å². The molecular formula is C9H12O2. The molecular weight excluding hydrogens is 140 g/mol. The van der Waals surface area contributed by atoms with Crippen LogP contribution in [0.3, 0.4) is 0 Å². The van der Waals surface area contributed by atoms with E-state index >= 15 is 0 Å². The van der Waals surface area contributed by atoms with E-state index in [0.29, 0.717) is 13.2 Å². The van der Waals surface area contributed by atoms with E-state index in [9.17, 15) is 0 Å². The van der Waals surface area contributed by atoms with Crippen LogP contribution in [-0.4, -0.2) is 20.3 Å². The third-order valence-electron chi connectivity index (χ3n) is 1.64. The maximum Gasteiger partial charge on any atom is 0.129 e. The van der Waals surface area contributed by atoms with Crippen molar-refractivity contribution in [3.63, 3.8) is 0 Å². The highest BCUT2D eigenvalue weighted by molar-refractivity contribution is 5.41. The molecule has 0 aromatic carbocycles. The van der Waals surface area contributed by atoms with Crippen LogP contribution < -0.4 is 0 Å². The van der Waals surface area contributed by atoms with Gasteiger partial charge in [0, 0.05) is 5.57 Å². The van der Waals surface area contributed by atoms with Crippen molar-refractivity contribution in [2.45, 2.75) is 0 Å². The Morgan fingerprint density at radius 2 is 2.27 bits per heavy atom. The zero-order chi connectivity index (χ0) is 8.27. The van der Waals surface area contributed by atoms with Gasteiger partial charge in [0.1, 0.15) is 12.4 Å². The molecule has 11 heavy (non-hydrogen) atoms. The monoisotopic (exact) mass is 152 g/mol. The van der Waals surface area contributed by atoms with Crippen LogP contribution in [0.5, 0.6) is 0 Å². The van der Waals surface area contributed by atoms with E-state index in [1.165, 1.54) is 0 Å². The van der Waals surface area contributed by atoms with Crippen molar-refractivity contribution in [3.8, 4) is 0 Å². The molecule has 0 N–H and O–H groups in total. The molecule has 0 bridgehead atoms. The molecule has 0 saturated carbocycles. The van der Waals surface area contributed by atoms with Crippen LogP contribution in [0.25, 0.3) is 0 Å². The lowest BCUT2D eigenvalue weighted by Gasteiger charge is -2.19. The maximum atomic E-state index is 5.19. The lowest BCUT2D eigenvalue weighted by Crippen LogP contribution is -2.13. The second kappa shape index (κ2) is 3.39. The van der Waals surface area contributed by atoms with Crippen LogP contribution in [-0.2, 0) is 9.47 Å². The Morgan fingerprint density at radius 1 is 1.55 bits per heavy atom. The highest BCUT2D eigenvalue weighted by Gasteiger charge is 2.13. The molecule has 0 saturated heterocycles. The zero-order valence-electron chi connectivity index (χ0n) is 6.72. The van der Waals surface area contributed by atoms with Gasteiger partial charge in [-0.25, -0.2) is 0 Å². The molecule has 1 aliphatic rings. The fourth-order valence-electron chi connectivity index (χ4n) is 1.05. The van der Waals surface area contributed by atoms with Gasteiger partial charge in [-0.2, -0.15) is 0 Å². The fraction of sp³-hybridized carbons (Fsp3) is 0.333. The molecule has 1 aliphatic heterocycles. The number of rotatable bonds is 2. The lowest BCUT2D eigenvalue weighted by atomic mass is 10.1. The summed E-state index contributed by atoms with van der Waals surface area (Å²) in [6.07, 6.45) is 1.75. The molecule has 1 heterocycles. The third kappa shape index (κ3) is 1.52. The molecule has 0 unspecified atom stereocenters. The summed E-state index contributed by atoms with van der Waals surface area (Å²) in [6.45, 7) is 8.61. The fourth-order valence-corrected chi connectivity index (χ4v) is 1.05. The van der Waals surface area contributed by atoms with Gasteiger partial charge in [0.25, 0.3) is 0 Å². The topological polar surface area (TPSA) is 18.5 Å². The van der Waals surface area contributed by atoms with Gasteiger partial charge in [-0.05, 0) is 5.57 Å². The summed E-state index contributed by atoms with van der Waals surface area (Å²) in [4.78, 5) is 0. The van der Waals surface area contributed by atoms with Gasteiger partial charge >= 0.3 is 0 Å². The van der Waals surface area contributed by atoms with E-state index in [4.69, 9.17) is 9.47 Å². The average molecular weight is 152 g/mol. The highest BCUT2D eigenvalue weighted by atomic mass is 16.5. The zero-order valence-corrected chi connectivity index (χ0v) is 6.72. The highest BCUT2D eigenvalue weighted by Crippen LogP contribution is 2.20. The van der Waals surface area contributed by atoms with Crippen LogP contribution >= 0.6 is 0 Å². The standard InChI is InChI=1S/C9H12O2/c1-4-8-7(2)5-11-6-9(8)10-3/h4H,1-2,5-6H2,3H3. The van der Waals surface area contributed by atoms with E-state index < -0.39 is 0 Å². The normalized spacial score (nSPS) is 18.5. The molecule has 0 radical (unpaired) electrons. The second-order valence-electron chi connectivity index (χ2n) is 2.34. The SMILES string of the molecule is C=CC1=C(OC)COCC1=C.